The normalized spacial score (nSPS) is 11.0. The predicted octanol–water partition coefficient (Wildman–Crippen LogP) is 3.49. The Morgan fingerprint density at radius 2 is 1.79 bits per heavy atom. The zero-order valence-corrected chi connectivity index (χ0v) is 16.6. The van der Waals surface area contributed by atoms with Gasteiger partial charge in [0.2, 0.25) is 0 Å². The summed E-state index contributed by atoms with van der Waals surface area (Å²) in [6.07, 6.45) is 1.64. The Hall–Kier alpha value is -3.74. The van der Waals surface area contributed by atoms with Crippen molar-refractivity contribution in [1.29, 1.82) is 0 Å². The SMILES string of the molecule is COC(=O)c1c(C)nc(C)c2c(=O)n(-c3n[nH]c(C)c3-c3ccccc3)ccc12. The number of carbonyl (C=O) groups is 1. The van der Waals surface area contributed by atoms with Gasteiger partial charge in [0, 0.05) is 22.8 Å². The van der Waals surface area contributed by atoms with Gasteiger partial charge in [-0.25, -0.2) is 4.79 Å². The van der Waals surface area contributed by atoms with Gasteiger partial charge in [-0.2, -0.15) is 5.10 Å². The second kappa shape index (κ2) is 7.01. The van der Waals surface area contributed by atoms with E-state index < -0.39 is 5.97 Å². The fourth-order valence-electron chi connectivity index (χ4n) is 3.72. The van der Waals surface area contributed by atoms with Crippen LogP contribution in [-0.2, 0) is 4.74 Å². The Bertz CT molecular complexity index is 1300. The molecule has 0 aliphatic heterocycles. The van der Waals surface area contributed by atoms with E-state index >= 15 is 0 Å². The zero-order chi connectivity index (χ0) is 20.7. The number of pyridine rings is 2. The zero-order valence-electron chi connectivity index (χ0n) is 16.6. The van der Waals surface area contributed by atoms with Gasteiger partial charge < -0.3 is 4.74 Å². The maximum atomic E-state index is 13.4. The summed E-state index contributed by atoms with van der Waals surface area (Å²) in [6.45, 7) is 5.40. The Kier molecular flexibility index (Phi) is 4.50. The largest absolute Gasteiger partial charge is 0.465 e. The topological polar surface area (TPSA) is 89.9 Å². The molecule has 29 heavy (non-hydrogen) atoms. The molecule has 1 aromatic carbocycles. The third-order valence-electron chi connectivity index (χ3n) is 5.03. The lowest BCUT2D eigenvalue weighted by atomic mass is 10.0. The molecule has 146 valence electrons. The van der Waals surface area contributed by atoms with Gasteiger partial charge in [-0.3, -0.25) is 19.4 Å². The summed E-state index contributed by atoms with van der Waals surface area (Å²) in [4.78, 5) is 30.1. The molecule has 0 saturated heterocycles. The first-order valence-corrected chi connectivity index (χ1v) is 9.15. The van der Waals surface area contributed by atoms with Crippen LogP contribution in [0.25, 0.3) is 27.7 Å². The van der Waals surface area contributed by atoms with E-state index in [9.17, 15) is 9.59 Å². The van der Waals surface area contributed by atoms with Crippen molar-refractivity contribution < 1.29 is 9.53 Å². The minimum atomic E-state index is -0.516. The van der Waals surface area contributed by atoms with Crippen molar-refractivity contribution in [3.8, 4) is 16.9 Å². The number of aromatic nitrogens is 4. The fourth-order valence-corrected chi connectivity index (χ4v) is 3.72. The summed E-state index contributed by atoms with van der Waals surface area (Å²) in [6, 6.07) is 11.5. The van der Waals surface area contributed by atoms with Gasteiger partial charge in [0.15, 0.2) is 5.82 Å². The van der Waals surface area contributed by atoms with Crippen LogP contribution in [0.4, 0.5) is 0 Å². The van der Waals surface area contributed by atoms with Crippen LogP contribution in [0.15, 0.2) is 47.4 Å². The number of ether oxygens (including phenoxy) is 1. The third-order valence-corrected chi connectivity index (χ3v) is 5.03. The molecule has 0 saturated carbocycles. The number of nitrogens with zero attached hydrogens (tertiary/aromatic N) is 3. The van der Waals surface area contributed by atoms with E-state index in [2.05, 4.69) is 15.2 Å². The summed E-state index contributed by atoms with van der Waals surface area (Å²) in [7, 11) is 1.31. The molecule has 3 aromatic heterocycles. The third kappa shape index (κ3) is 2.91. The van der Waals surface area contributed by atoms with Crippen LogP contribution < -0.4 is 5.56 Å². The van der Waals surface area contributed by atoms with E-state index in [0.29, 0.717) is 33.5 Å². The lowest BCUT2D eigenvalue weighted by molar-refractivity contribution is 0.0601. The van der Waals surface area contributed by atoms with Crippen LogP contribution in [0.5, 0.6) is 0 Å². The van der Waals surface area contributed by atoms with Crippen LogP contribution in [0.3, 0.4) is 0 Å². The van der Waals surface area contributed by atoms with Gasteiger partial charge in [-0.05, 0) is 32.4 Å². The number of methoxy groups -OCH3 is 1. The maximum absolute atomic E-state index is 13.4. The van der Waals surface area contributed by atoms with Crippen molar-refractivity contribution in [3.05, 3.63) is 75.6 Å². The molecule has 4 aromatic rings. The molecule has 0 radical (unpaired) electrons. The molecule has 0 aliphatic rings. The van der Waals surface area contributed by atoms with Crippen LogP contribution >= 0.6 is 0 Å². The van der Waals surface area contributed by atoms with Crippen LogP contribution in [0.2, 0.25) is 0 Å². The molecule has 0 unspecified atom stereocenters. The molecule has 1 N–H and O–H groups in total. The monoisotopic (exact) mass is 388 g/mol. The quantitative estimate of drug-likeness (QED) is 0.543. The van der Waals surface area contributed by atoms with Crippen molar-refractivity contribution >= 4 is 16.7 Å². The fraction of sp³-hybridized carbons (Fsp3) is 0.182. The van der Waals surface area contributed by atoms with Gasteiger partial charge in [-0.15, -0.1) is 0 Å². The minimum absolute atomic E-state index is 0.290. The Balaban J connectivity index is 2.03. The van der Waals surface area contributed by atoms with Gasteiger partial charge in [-0.1, -0.05) is 30.3 Å². The first-order chi connectivity index (χ1) is 13.9. The Morgan fingerprint density at radius 1 is 1.07 bits per heavy atom. The van der Waals surface area contributed by atoms with Crippen LogP contribution in [0.1, 0.15) is 27.4 Å². The highest BCUT2D eigenvalue weighted by atomic mass is 16.5. The predicted molar refractivity (Wildman–Crippen MR) is 110 cm³/mol. The number of rotatable bonds is 3. The smallest absolute Gasteiger partial charge is 0.340 e. The van der Waals surface area contributed by atoms with Crippen molar-refractivity contribution in [2.24, 2.45) is 0 Å². The number of hydrogen-bond donors (Lipinski definition) is 1. The number of hydrogen-bond acceptors (Lipinski definition) is 5. The van der Waals surface area contributed by atoms with Crippen molar-refractivity contribution in [2.45, 2.75) is 20.8 Å². The molecule has 7 heteroatoms. The summed E-state index contributed by atoms with van der Waals surface area (Å²) < 4.78 is 6.38. The molecule has 7 nitrogen and oxygen atoms in total. The first kappa shape index (κ1) is 18.6. The number of H-pyrrole nitrogens is 1. The molecule has 0 aliphatic carbocycles. The van der Waals surface area contributed by atoms with Gasteiger partial charge in [0.25, 0.3) is 5.56 Å². The van der Waals surface area contributed by atoms with Crippen LogP contribution in [-0.4, -0.2) is 32.8 Å². The van der Waals surface area contributed by atoms with Gasteiger partial charge in [0.1, 0.15) is 0 Å². The summed E-state index contributed by atoms with van der Waals surface area (Å²) >= 11 is 0. The average molecular weight is 388 g/mol. The number of aryl methyl sites for hydroxylation is 3. The molecule has 0 fully saturated rings. The number of fused-ring (bicyclic) bond motifs is 1. The Morgan fingerprint density at radius 3 is 2.48 bits per heavy atom. The summed E-state index contributed by atoms with van der Waals surface area (Å²) in [5, 5.41) is 8.25. The minimum Gasteiger partial charge on any atom is -0.465 e. The highest BCUT2D eigenvalue weighted by Crippen LogP contribution is 2.29. The number of benzene rings is 1. The second-order valence-electron chi connectivity index (χ2n) is 6.84. The van der Waals surface area contributed by atoms with E-state index in [0.717, 1.165) is 16.8 Å². The Labute approximate surface area is 167 Å². The van der Waals surface area contributed by atoms with Gasteiger partial charge in [0.05, 0.1) is 29.4 Å². The molecule has 0 bridgehead atoms. The maximum Gasteiger partial charge on any atom is 0.340 e. The molecule has 0 amide bonds. The molecule has 4 rings (SSSR count). The molecular weight excluding hydrogens is 368 g/mol. The molecule has 3 heterocycles. The van der Waals surface area contributed by atoms with E-state index in [1.54, 1.807) is 26.1 Å². The van der Waals surface area contributed by atoms with E-state index in [1.807, 2.05) is 37.3 Å². The van der Waals surface area contributed by atoms with Crippen LogP contribution in [0, 0.1) is 20.8 Å². The molecule has 0 spiro atoms. The first-order valence-electron chi connectivity index (χ1n) is 9.15. The standard InChI is InChI=1S/C22H20N4O3/c1-12-18-16(19(13(2)23-12)22(28)29-4)10-11-26(21(18)27)20-17(14(3)24-25-20)15-8-6-5-7-9-15/h5-11H,1-4H3,(H,24,25). The second-order valence-corrected chi connectivity index (χ2v) is 6.84. The number of carbonyl (C=O) groups excluding carboxylic acids is 1. The number of aromatic amines is 1. The van der Waals surface area contributed by atoms with E-state index in [4.69, 9.17) is 4.74 Å². The van der Waals surface area contributed by atoms with Gasteiger partial charge >= 0.3 is 5.97 Å². The van der Waals surface area contributed by atoms with Crippen molar-refractivity contribution in [2.75, 3.05) is 7.11 Å². The average Bonchev–Trinajstić information content (AvgIpc) is 3.09. The van der Waals surface area contributed by atoms with Crippen molar-refractivity contribution in [3.63, 3.8) is 0 Å². The molecule has 0 atom stereocenters. The molecular formula is C22H20N4O3. The summed E-state index contributed by atoms with van der Waals surface area (Å²) in [5.74, 6) is -0.0158. The highest BCUT2D eigenvalue weighted by Gasteiger charge is 2.21. The summed E-state index contributed by atoms with van der Waals surface area (Å²) in [5.41, 5.74) is 3.75. The number of esters is 1. The highest BCUT2D eigenvalue weighted by molar-refractivity contribution is 6.05. The van der Waals surface area contributed by atoms with E-state index in [-0.39, 0.29) is 5.56 Å². The lowest BCUT2D eigenvalue weighted by Gasteiger charge is -2.12. The van der Waals surface area contributed by atoms with Crippen molar-refractivity contribution in [1.82, 2.24) is 19.7 Å². The lowest BCUT2D eigenvalue weighted by Crippen LogP contribution is -2.21. The van der Waals surface area contributed by atoms with E-state index in [1.165, 1.54) is 11.7 Å². The number of nitrogens with one attached hydrogen (secondary N) is 1.